The van der Waals surface area contributed by atoms with Crippen LogP contribution in [0, 0.1) is 12.3 Å². The van der Waals surface area contributed by atoms with Crippen LogP contribution in [-0.2, 0) is 11.3 Å². The van der Waals surface area contributed by atoms with Crippen molar-refractivity contribution in [1.82, 2.24) is 5.32 Å². The lowest BCUT2D eigenvalue weighted by Gasteiger charge is -2.28. The standard InChI is InChI=1S/C13H20N2OS2/c1-4-13(5-2,11(14)17)12(16)15-8-10-9(3)6-7-18-10/h6-7H,4-5,8H2,1-3H3,(H2,14,17)(H,15,16). The average Bonchev–Trinajstić information content (AvgIpc) is 2.74. The van der Waals surface area contributed by atoms with Crippen LogP contribution in [0.4, 0.5) is 0 Å². The molecule has 0 saturated carbocycles. The molecule has 3 nitrogen and oxygen atoms in total. The Hall–Kier alpha value is -0.940. The normalized spacial score (nSPS) is 11.3. The number of carbonyl (C=O) groups excluding carboxylic acids is 1. The molecule has 0 bridgehead atoms. The van der Waals surface area contributed by atoms with E-state index in [9.17, 15) is 4.79 Å². The SMILES string of the molecule is CCC(CC)(C(=O)NCc1sccc1C)C(N)=S. The van der Waals surface area contributed by atoms with Gasteiger partial charge in [0.25, 0.3) is 0 Å². The van der Waals surface area contributed by atoms with Gasteiger partial charge in [-0.05, 0) is 36.8 Å². The first-order valence-electron chi connectivity index (χ1n) is 6.09. The van der Waals surface area contributed by atoms with Crippen LogP contribution < -0.4 is 11.1 Å². The monoisotopic (exact) mass is 284 g/mol. The Morgan fingerprint density at radius 1 is 1.50 bits per heavy atom. The van der Waals surface area contributed by atoms with Gasteiger partial charge in [0.1, 0.15) is 0 Å². The first-order valence-corrected chi connectivity index (χ1v) is 7.38. The van der Waals surface area contributed by atoms with Crippen molar-refractivity contribution in [3.8, 4) is 0 Å². The molecule has 3 N–H and O–H groups in total. The van der Waals surface area contributed by atoms with Gasteiger partial charge in [-0.25, -0.2) is 0 Å². The van der Waals surface area contributed by atoms with Gasteiger partial charge in [0.15, 0.2) is 0 Å². The predicted molar refractivity (Wildman–Crippen MR) is 80.7 cm³/mol. The molecule has 0 atom stereocenters. The molecule has 1 heterocycles. The van der Waals surface area contributed by atoms with Crippen molar-refractivity contribution in [2.24, 2.45) is 11.1 Å². The summed E-state index contributed by atoms with van der Waals surface area (Å²) >= 11 is 6.71. The summed E-state index contributed by atoms with van der Waals surface area (Å²) in [4.78, 5) is 13.8. The van der Waals surface area contributed by atoms with E-state index in [1.165, 1.54) is 10.4 Å². The number of hydrogen-bond acceptors (Lipinski definition) is 3. The van der Waals surface area contributed by atoms with Crippen LogP contribution in [0.15, 0.2) is 11.4 Å². The van der Waals surface area contributed by atoms with E-state index in [1.54, 1.807) is 11.3 Å². The summed E-state index contributed by atoms with van der Waals surface area (Å²) < 4.78 is 0. The number of nitrogens with one attached hydrogen (secondary N) is 1. The largest absolute Gasteiger partial charge is 0.392 e. The number of carbonyl (C=O) groups is 1. The number of hydrogen-bond donors (Lipinski definition) is 2. The zero-order chi connectivity index (χ0) is 13.8. The fraction of sp³-hybridized carbons (Fsp3) is 0.538. The highest BCUT2D eigenvalue weighted by atomic mass is 32.1. The van der Waals surface area contributed by atoms with Crippen molar-refractivity contribution in [3.63, 3.8) is 0 Å². The van der Waals surface area contributed by atoms with Gasteiger partial charge >= 0.3 is 0 Å². The van der Waals surface area contributed by atoms with Gasteiger partial charge in [-0.1, -0.05) is 26.1 Å². The molecule has 0 spiro atoms. The van der Waals surface area contributed by atoms with Gasteiger partial charge in [0.2, 0.25) is 5.91 Å². The average molecular weight is 284 g/mol. The third-order valence-electron chi connectivity index (χ3n) is 3.49. The lowest BCUT2D eigenvalue weighted by molar-refractivity contribution is -0.128. The maximum absolute atomic E-state index is 12.3. The van der Waals surface area contributed by atoms with E-state index in [0.717, 1.165) is 0 Å². The van der Waals surface area contributed by atoms with E-state index in [2.05, 4.69) is 5.32 Å². The molecule has 0 aliphatic heterocycles. The summed E-state index contributed by atoms with van der Waals surface area (Å²) in [5.74, 6) is -0.0622. The number of nitrogens with two attached hydrogens (primary N) is 1. The minimum Gasteiger partial charge on any atom is -0.392 e. The van der Waals surface area contributed by atoms with E-state index in [-0.39, 0.29) is 10.9 Å². The molecular formula is C13H20N2OS2. The quantitative estimate of drug-likeness (QED) is 0.790. The summed E-state index contributed by atoms with van der Waals surface area (Å²) in [6, 6.07) is 2.05. The summed E-state index contributed by atoms with van der Waals surface area (Å²) in [5, 5.41) is 4.98. The van der Waals surface area contributed by atoms with Crippen LogP contribution >= 0.6 is 23.6 Å². The number of thiophene rings is 1. The molecule has 1 aromatic rings. The highest BCUT2D eigenvalue weighted by molar-refractivity contribution is 7.80. The van der Waals surface area contributed by atoms with E-state index in [0.29, 0.717) is 19.4 Å². The minimum absolute atomic E-state index is 0.0622. The lowest BCUT2D eigenvalue weighted by Crippen LogP contribution is -2.48. The predicted octanol–water partition coefficient (Wildman–Crippen LogP) is 2.77. The molecule has 0 unspecified atom stereocenters. The Bertz CT molecular complexity index is 436. The van der Waals surface area contributed by atoms with Crippen molar-refractivity contribution >= 4 is 34.5 Å². The van der Waals surface area contributed by atoms with Gasteiger partial charge in [-0.15, -0.1) is 11.3 Å². The molecule has 18 heavy (non-hydrogen) atoms. The molecule has 0 radical (unpaired) electrons. The summed E-state index contributed by atoms with van der Waals surface area (Å²) in [7, 11) is 0. The lowest BCUT2D eigenvalue weighted by atomic mass is 9.81. The zero-order valence-electron chi connectivity index (χ0n) is 11.1. The fourth-order valence-corrected chi connectivity index (χ4v) is 3.17. The van der Waals surface area contributed by atoms with Crippen LogP contribution in [0.3, 0.4) is 0 Å². The summed E-state index contributed by atoms with van der Waals surface area (Å²) in [6.07, 6.45) is 1.27. The molecule has 0 aliphatic carbocycles. The highest BCUT2D eigenvalue weighted by Crippen LogP contribution is 2.27. The van der Waals surface area contributed by atoms with E-state index in [1.807, 2.05) is 32.2 Å². The Morgan fingerprint density at radius 3 is 2.50 bits per heavy atom. The fourth-order valence-electron chi connectivity index (χ4n) is 1.95. The van der Waals surface area contributed by atoms with Gasteiger partial charge < -0.3 is 11.1 Å². The maximum atomic E-state index is 12.3. The number of amides is 1. The second-order valence-corrected chi connectivity index (χ2v) is 5.80. The van der Waals surface area contributed by atoms with E-state index in [4.69, 9.17) is 18.0 Å². The summed E-state index contributed by atoms with van der Waals surface area (Å²) in [6.45, 7) is 6.47. The van der Waals surface area contributed by atoms with Crippen LogP contribution in [0.1, 0.15) is 37.1 Å². The van der Waals surface area contributed by atoms with Gasteiger partial charge in [-0.2, -0.15) is 0 Å². The Balaban J connectivity index is 2.75. The van der Waals surface area contributed by atoms with Crippen LogP contribution in [0.5, 0.6) is 0 Å². The van der Waals surface area contributed by atoms with Crippen LogP contribution in [0.25, 0.3) is 0 Å². The molecule has 1 aromatic heterocycles. The molecule has 1 amide bonds. The van der Waals surface area contributed by atoms with Crippen LogP contribution in [-0.4, -0.2) is 10.9 Å². The summed E-state index contributed by atoms with van der Waals surface area (Å²) in [5.41, 5.74) is 6.24. The highest BCUT2D eigenvalue weighted by Gasteiger charge is 2.37. The third-order valence-corrected chi connectivity index (χ3v) is 4.90. The Morgan fingerprint density at radius 2 is 2.11 bits per heavy atom. The van der Waals surface area contributed by atoms with Gasteiger partial charge in [-0.3, -0.25) is 4.79 Å². The van der Waals surface area contributed by atoms with Crippen molar-refractivity contribution in [3.05, 3.63) is 21.9 Å². The van der Waals surface area contributed by atoms with Crippen molar-refractivity contribution < 1.29 is 4.79 Å². The second kappa shape index (κ2) is 6.29. The van der Waals surface area contributed by atoms with Gasteiger partial charge in [0.05, 0.1) is 16.9 Å². The smallest absolute Gasteiger partial charge is 0.233 e. The van der Waals surface area contributed by atoms with Crippen molar-refractivity contribution in [1.29, 1.82) is 0 Å². The van der Waals surface area contributed by atoms with Crippen LogP contribution in [0.2, 0.25) is 0 Å². The molecule has 0 aliphatic rings. The Labute approximate surface area is 118 Å². The Kier molecular flexibility index (Phi) is 5.28. The van der Waals surface area contributed by atoms with E-state index < -0.39 is 5.41 Å². The molecule has 5 heteroatoms. The third kappa shape index (κ3) is 2.90. The van der Waals surface area contributed by atoms with Crippen molar-refractivity contribution in [2.45, 2.75) is 40.2 Å². The molecular weight excluding hydrogens is 264 g/mol. The first kappa shape index (κ1) is 15.1. The molecule has 0 fully saturated rings. The minimum atomic E-state index is -0.708. The molecule has 0 aromatic carbocycles. The molecule has 0 saturated heterocycles. The maximum Gasteiger partial charge on any atom is 0.233 e. The molecule has 1 rings (SSSR count). The second-order valence-electron chi connectivity index (χ2n) is 4.36. The number of aryl methyl sites for hydroxylation is 1. The molecule has 100 valence electrons. The zero-order valence-corrected chi connectivity index (χ0v) is 12.7. The topological polar surface area (TPSA) is 55.1 Å². The van der Waals surface area contributed by atoms with Crippen molar-refractivity contribution in [2.75, 3.05) is 0 Å². The van der Waals surface area contributed by atoms with Gasteiger partial charge in [0, 0.05) is 4.88 Å². The van der Waals surface area contributed by atoms with E-state index >= 15 is 0 Å². The number of thiocarbonyl (C=S) groups is 1. The number of rotatable bonds is 6. The first-order chi connectivity index (χ1) is 8.47.